The van der Waals surface area contributed by atoms with E-state index in [-0.39, 0.29) is 5.91 Å². The Kier molecular flexibility index (Phi) is 4.51. The van der Waals surface area contributed by atoms with Crippen molar-refractivity contribution in [1.29, 1.82) is 0 Å². The van der Waals surface area contributed by atoms with Crippen LogP contribution in [0.25, 0.3) is 0 Å². The number of nitrogens with two attached hydrogens (primary N) is 1. The lowest BCUT2D eigenvalue weighted by Gasteiger charge is -2.26. The summed E-state index contributed by atoms with van der Waals surface area (Å²) in [7, 11) is 0. The van der Waals surface area contributed by atoms with Crippen molar-refractivity contribution in [2.75, 3.05) is 32.8 Å². The molecule has 1 saturated heterocycles. The number of nitrogens with one attached hydrogen (secondary N) is 1. The summed E-state index contributed by atoms with van der Waals surface area (Å²) in [6.45, 7) is 4.66. The van der Waals surface area contributed by atoms with E-state index in [1.165, 1.54) is 0 Å². The van der Waals surface area contributed by atoms with Gasteiger partial charge >= 0.3 is 0 Å². The average Bonchev–Trinajstić information content (AvgIpc) is 2.18. The van der Waals surface area contributed by atoms with Crippen molar-refractivity contribution in [2.45, 2.75) is 13.0 Å². The fourth-order valence-electron chi connectivity index (χ4n) is 1.32. The van der Waals surface area contributed by atoms with E-state index in [1.54, 1.807) is 6.92 Å². The van der Waals surface area contributed by atoms with Gasteiger partial charge < -0.3 is 15.8 Å². The van der Waals surface area contributed by atoms with Crippen molar-refractivity contribution >= 4 is 11.8 Å². The molecule has 0 unspecified atom stereocenters. The van der Waals surface area contributed by atoms with Crippen LogP contribution in [0.1, 0.15) is 6.92 Å². The molecule has 0 spiro atoms. The first-order valence-corrected chi connectivity index (χ1v) is 4.98. The van der Waals surface area contributed by atoms with Gasteiger partial charge in [-0.3, -0.25) is 14.5 Å². The normalized spacial score (nSPS) is 19.5. The maximum Gasteiger partial charge on any atom is 0.239 e. The SMILES string of the molecule is C[C@H](NC(=O)CN1CCOCC1)C(N)=O. The number of carbonyl (C=O) groups is 2. The van der Waals surface area contributed by atoms with Gasteiger partial charge in [-0.05, 0) is 6.92 Å². The third-order valence-electron chi connectivity index (χ3n) is 2.28. The zero-order chi connectivity index (χ0) is 11.3. The van der Waals surface area contributed by atoms with Gasteiger partial charge in [0.05, 0.1) is 19.8 Å². The fraction of sp³-hybridized carbons (Fsp3) is 0.778. The van der Waals surface area contributed by atoms with Gasteiger partial charge in [0.2, 0.25) is 11.8 Å². The van der Waals surface area contributed by atoms with Gasteiger partial charge in [0.15, 0.2) is 0 Å². The summed E-state index contributed by atoms with van der Waals surface area (Å²) in [4.78, 5) is 24.1. The van der Waals surface area contributed by atoms with E-state index in [4.69, 9.17) is 10.5 Å². The highest BCUT2D eigenvalue weighted by molar-refractivity contribution is 5.86. The Morgan fingerprint density at radius 3 is 2.60 bits per heavy atom. The molecule has 0 aliphatic carbocycles. The van der Waals surface area contributed by atoms with Crippen LogP contribution in [0.15, 0.2) is 0 Å². The lowest BCUT2D eigenvalue weighted by atomic mass is 10.3. The summed E-state index contributed by atoms with van der Waals surface area (Å²) < 4.78 is 5.15. The second-order valence-corrected chi connectivity index (χ2v) is 3.58. The molecule has 1 aliphatic heterocycles. The smallest absolute Gasteiger partial charge is 0.239 e. The summed E-state index contributed by atoms with van der Waals surface area (Å²) in [6, 6.07) is -0.612. The van der Waals surface area contributed by atoms with Crippen molar-refractivity contribution in [2.24, 2.45) is 5.73 Å². The first-order chi connectivity index (χ1) is 7.09. The zero-order valence-electron chi connectivity index (χ0n) is 8.86. The lowest BCUT2D eigenvalue weighted by Crippen LogP contribution is -2.48. The van der Waals surface area contributed by atoms with Crippen molar-refractivity contribution in [1.82, 2.24) is 10.2 Å². The number of ether oxygens (including phenoxy) is 1. The van der Waals surface area contributed by atoms with Crippen LogP contribution in [0.2, 0.25) is 0 Å². The molecule has 0 radical (unpaired) electrons. The number of carbonyl (C=O) groups excluding carboxylic acids is 2. The highest BCUT2D eigenvalue weighted by atomic mass is 16.5. The molecular weight excluding hydrogens is 198 g/mol. The molecule has 1 fully saturated rings. The largest absolute Gasteiger partial charge is 0.379 e. The van der Waals surface area contributed by atoms with E-state index in [9.17, 15) is 9.59 Å². The van der Waals surface area contributed by atoms with Crippen LogP contribution in [0.3, 0.4) is 0 Å². The summed E-state index contributed by atoms with van der Waals surface area (Å²) in [5.74, 6) is -0.700. The minimum atomic E-state index is -0.612. The number of amides is 2. The Hall–Kier alpha value is -1.14. The Labute approximate surface area is 88.7 Å². The van der Waals surface area contributed by atoms with E-state index >= 15 is 0 Å². The van der Waals surface area contributed by atoms with Crippen LogP contribution in [0.5, 0.6) is 0 Å². The second kappa shape index (κ2) is 5.67. The maximum absolute atomic E-state index is 11.4. The number of nitrogens with zero attached hydrogens (tertiary/aromatic N) is 1. The third-order valence-corrected chi connectivity index (χ3v) is 2.28. The van der Waals surface area contributed by atoms with E-state index < -0.39 is 11.9 Å². The average molecular weight is 215 g/mol. The molecule has 0 bridgehead atoms. The Morgan fingerprint density at radius 2 is 2.07 bits per heavy atom. The standard InChI is InChI=1S/C9H17N3O3/c1-7(9(10)14)11-8(13)6-12-2-4-15-5-3-12/h7H,2-6H2,1H3,(H2,10,14)(H,11,13)/t7-/m0/s1. The van der Waals surface area contributed by atoms with Crippen molar-refractivity contribution in [3.63, 3.8) is 0 Å². The molecular formula is C9H17N3O3. The van der Waals surface area contributed by atoms with E-state index in [0.717, 1.165) is 13.1 Å². The van der Waals surface area contributed by atoms with Gasteiger partial charge in [-0.2, -0.15) is 0 Å². The van der Waals surface area contributed by atoms with Crippen molar-refractivity contribution < 1.29 is 14.3 Å². The van der Waals surface area contributed by atoms with Gasteiger partial charge in [0.1, 0.15) is 6.04 Å². The maximum atomic E-state index is 11.4. The molecule has 86 valence electrons. The zero-order valence-corrected chi connectivity index (χ0v) is 8.86. The number of hydrogen-bond acceptors (Lipinski definition) is 4. The minimum absolute atomic E-state index is 0.178. The van der Waals surface area contributed by atoms with Crippen molar-refractivity contribution in [3.8, 4) is 0 Å². The van der Waals surface area contributed by atoms with Gasteiger partial charge in [0, 0.05) is 13.1 Å². The Bertz CT molecular complexity index is 239. The summed E-state index contributed by atoms with van der Waals surface area (Å²) in [5, 5.41) is 2.53. The predicted molar refractivity (Wildman–Crippen MR) is 54.1 cm³/mol. The molecule has 1 heterocycles. The molecule has 0 saturated carbocycles. The molecule has 6 heteroatoms. The van der Waals surface area contributed by atoms with Gasteiger partial charge in [-0.25, -0.2) is 0 Å². The van der Waals surface area contributed by atoms with Crippen LogP contribution in [0, 0.1) is 0 Å². The van der Waals surface area contributed by atoms with Crippen LogP contribution in [0.4, 0.5) is 0 Å². The molecule has 15 heavy (non-hydrogen) atoms. The Balaban J connectivity index is 2.25. The van der Waals surface area contributed by atoms with Crippen LogP contribution in [-0.4, -0.2) is 55.6 Å². The predicted octanol–water partition coefficient (Wildman–Crippen LogP) is -1.69. The second-order valence-electron chi connectivity index (χ2n) is 3.58. The molecule has 0 aromatic carbocycles. The topological polar surface area (TPSA) is 84.7 Å². The molecule has 0 aromatic rings. The molecule has 0 aromatic heterocycles. The molecule has 1 aliphatic rings. The molecule has 3 N–H and O–H groups in total. The van der Waals surface area contributed by atoms with Crippen LogP contribution in [-0.2, 0) is 14.3 Å². The highest BCUT2D eigenvalue weighted by Gasteiger charge is 2.16. The quantitative estimate of drug-likeness (QED) is 0.586. The number of primary amides is 1. The number of hydrogen-bond donors (Lipinski definition) is 2. The first-order valence-electron chi connectivity index (χ1n) is 4.98. The highest BCUT2D eigenvalue weighted by Crippen LogP contribution is 1.95. The van der Waals surface area contributed by atoms with E-state index in [1.807, 2.05) is 4.90 Å². The molecule has 1 rings (SSSR count). The van der Waals surface area contributed by atoms with E-state index in [0.29, 0.717) is 19.8 Å². The first kappa shape index (κ1) is 11.9. The summed E-state index contributed by atoms with van der Waals surface area (Å²) >= 11 is 0. The number of rotatable bonds is 4. The van der Waals surface area contributed by atoms with Gasteiger partial charge in [0.25, 0.3) is 0 Å². The van der Waals surface area contributed by atoms with Crippen molar-refractivity contribution in [3.05, 3.63) is 0 Å². The minimum Gasteiger partial charge on any atom is -0.379 e. The van der Waals surface area contributed by atoms with Gasteiger partial charge in [-0.1, -0.05) is 0 Å². The fourth-order valence-corrected chi connectivity index (χ4v) is 1.32. The summed E-state index contributed by atoms with van der Waals surface area (Å²) in [6.07, 6.45) is 0. The Morgan fingerprint density at radius 1 is 1.47 bits per heavy atom. The third kappa shape index (κ3) is 4.26. The van der Waals surface area contributed by atoms with E-state index in [2.05, 4.69) is 5.32 Å². The number of morpholine rings is 1. The van der Waals surface area contributed by atoms with Crippen LogP contribution < -0.4 is 11.1 Å². The van der Waals surface area contributed by atoms with Gasteiger partial charge in [-0.15, -0.1) is 0 Å². The molecule has 1 atom stereocenters. The molecule has 2 amide bonds. The molecule has 6 nitrogen and oxygen atoms in total. The van der Waals surface area contributed by atoms with Crippen LogP contribution >= 0.6 is 0 Å². The monoisotopic (exact) mass is 215 g/mol. The summed E-state index contributed by atoms with van der Waals surface area (Å²) in [5.41, 5.74) is 5.03. The lowest BCUT2D eigenvalue weighted by molar-refractivity contribution is -0.128.